The van der Waals surface area contributed by atoms with Gasteiger partial charge in [-0.1, -0.05) is 25.1 Å². The summed E-state index contributed by atoms with van der Waals surface area (Å²) < 4.78 is 12.0. The van der Waals surface area contributed by atoms with E-state index >= 15 is 0 Å². The van der Waals surface area contributed by atoms with Crippen LogP contribution in [0.25, 0.3) is 11.1 Å². The number of hydrogen-bond donors (Lipinski definition) is 2. The molecule has 4 rings (SSSR count). The van der Waals surface area contributed by atoms with Crippen LogP contribution in [0, 0.1) is 0 Å². The number of ether oxygens (including phenoxy) is 2. The van der Waals surface area contributed by atoms with Crippen molar-refractivity contribution < 1.29 is 19.1 Å². The number of anilines is 2. The van der Waals surface area contributed by atoms with Crippen LogP contribution in [0.15, 0.2) is 48.5 Å². The van der Waals surface area contributed by atoms with Gasteiger partial charge in [0, 0.05) is 17.3 Å². The predicted molar refractivity (Wildman–Crippen MR) is 118 cm³/mol. The number of carbonyl (C=O) groups excluding carboxylic acids is 2. The molecular formula is C23H24N4O4. The average molecular weight is 420 g/mol. The topological polar surface area (TPSA) is 94.5 Å². The molecule has 0 bridgehead atoms. The Labute approximate surface area is 180 Å². The summed E-state index contributed by atoms with van der Waals surface area (Å²) in [7, 11) is 3.18. The Hall–Kier alpha value is -3.81. The summed E-state index contributed by atoms with van der Waals surface area (Å²) in [5.74, 6) is 1.48. The lowest BCUT2D eigenvalue weighted by molar-refractivity contribution is -0.123. The van der Waals surface area contributed by atoms with Crippen LogP contribution in [-0.4, -0.2) is 35.8 Å². The number of aromatic nitrogens is 2. The molecular weight excluding hydrogens is 396 g/mol. The molecule has 0 aliphatic carbocycles. The Morgan fingerprint density at radius 3 is 2.55 bits per heavy atom. The first kappa shape index (κ1) is 20.5. The summed E-state index contributed by atoms with van der Waals surface area (Å²) in [6.07, 6.45) is 0.670. The Morgan fingerprint density at radius 2 is 1.87 bits per heavy atom. The average Bonchev–Trinajstić information content (AvgIpc) is 3.29. The zero-order valence-corrected chi connectivity index (χ0v) is 17.6. The van der Waals surface area contributed by atoms with E-state index in [1.165, 1.54) is 0 Å². The Balaban J connectivity index is 1.59. The highest BCUT2D eigenvalue weighted by molar-refractivity contribution is 6.04. The lowest BCUT2D eigenvalue weighted by Crippen LogP contribution is -2.24. The molecule has 31 heavy (non-hydrogen) atoms. The number of amides is 2. The van der Waals surface area contributed by atoms with Gasteiger partial charge in [0.05, 0.1) is 26.3 Å². The van der Waals surface area contributed by atoms with E-state index in [0.717, 1.165) is 22.6 Å². The van der Waals surface area contributed by atoms with Gasteiger partial charge in [0.1, 0.15) is 23.4 Å². The standard InChI is InChI=1S/C23H24N4O4/c1-4-18-21(14-8-10-16(30-2)11-9-14)22-25-23(29)19(27(22)26-18)13-20(28)24-15-6-5-7-17(12-15)31-3/h5-12,19H,4,13H2,1-3H3,(H,24,28)(H,25,29). The van der Waals surface area contributed by atoms with E-state index < -0.39 is 6.04 Å². The summed E-state index contributed by atoms with van der Waals surface area (Å²) in [5, 5.41) is 10.4. The quantitative estimate of drug-likeness (QED) is 0.608. The third-order valence-electron chi connectivity index (χ3n) is 5.27. The van der Waals surface area contributed by atoms with Gasteiger partial charge in [-0.25, -0.2) is 4.68 Å². The van der Waals surface area contributed by atoms with Crippen LogP contribution in [0.4, 0.5) is 11.5 Å². The highest BCUT2D eigenvalue weighted by Gasteiger charge is 2.36. The van der Waals surface area contributed by atoms with Gasteiger partial charge in [0.2, 0.25) is 5.91 Å². The second kappa shape index (κ2) is 8.51. The summed E-state index contributed by atoms with van der Waals surface area (Å²) in [6, 6.07) is 14.0. The first-order valence-corrected chi connectivity index (χ1v) is 10.0. The van der Waals surface area contributed by atoms with Crippen molar-refractivity contribution in [1.29, 1.82) is 0 Å². The summed E-state index contributed by atoms with van der Waals surface area (Å²) in [4.78, 5) is 25.3. The van der Waals surface area contributed by atoms with Gasteiger partial charge in [-0.2, -0.15) is 5.10 Å². The zero-order valence-electron chi connectivity index (χ0n) is 17.6. The van der Waals surface area contributed by atoms with E-state index in [2.05, 4.69) is 15.7 Å². The van der Waals surface area contributed by atoms with E-state index in [0.29, 0.717) is 23.7 Å². The third-order valence-corrected chi connectivity index (χ3v) is 5.27. The van der Waals surface area contributed by atoms with Crippen molar-refractivity contribution in [3.05, 3.63) is 54.2 Å². The molecule has 0 spiro atoms. The van der Waals surface area contributed by atoms with Crippen molar-refractivity contribution in [3.8, 4) is 22.6 Å². The Morgan fingerprint density at radius 1 is 1.13 bits per heavy atom. The first-order chi connectivity index (χ1) is 15.0. The molecule has 1 aliphatic heterocycles. The van der Waals surface area contributed by atoms with Gasteiger partial charge >= 0.3 is 0 Å². The highest BCUT2D eigenvalue weighted by Crippen LogP contribution is 2.39. The van der Waals surface area contributed by atoms with Crippen molar-refractivity contribution in [2.75, 3.05) is 24.9 Å². The molecule has 0 fully saturated rings. The van der Waals surface area contributed by atoms with E-state index in [-0.39, 0.29) is 18.2 Å². The molecule has 1 atom stereocenters. The molecule has 3 aromatic rings. The molecule has 2 amide bonds. The third kappa shape index (κ3) is 3.96. The minimum Gasteiger partial charge on any atom is -0.497 e. The van der Waals surface area contributed by atoms with E-state index in [1.807, 2.05) is 31.2 Å². The van der Waals surface area contributed by atoms with Crippen LogP contribution in [0.1, 0.15) is 25.1 Å². The van der Waals surface area contributed by atoms with Crippen LogP contribution in [0.5, 0.6) is 11.5 Å². The second-order valence-corrected chi connectivity index (χ2v) is 7.19. The number of nitrogens with zero attached hydrogens (tertiary/aromatic N) is 2. The van der Waals surface area contributed by atoms with Crippen LogP contribution in [0.3, 0.4) is 0 Å². The Kier molecular flexibility index (Phi) is 5.62. The number of methoxy groups -OCH3 is 2. The second-order valence-electron chi connectivity index (χ2n) is 7.19. The number of aryl methyl sites for hydroxylation is 1. The van der Waals surface area contributed by atoms with Crippen LogP contribution in [-0.2, 0) is 16.0 Å². The van der Waals surface area contributed by atoms with Crippen molar-refractivity contribution >= 4 is 23.3 Å². The number of fused-ring (bicyclic) bond motifs is 1. The molecule has 2 heterocycles. The molecule has 1 unspecified atom stereocenters. The number of hydrogen-bond acceptors (Lipinski definition) is 5. The molecule has 1 aliphatic rings. The predicted octanol–water partition coefficient (Wildman–Crippen LogP) is 3.65. The van der Waals surface area contributed by atoms with Crippen molar-refractivity contribution in [2.24, 2.45) is 0 Å². The highest BCUT2D eigenvalue weighted by atomic mass is 16.5. The smallest absolute Gasteiger partial charge is 0.251 e. The normalized spacial score (nSPS) is 14.7. The summed E-state index contributed by atoms with van der Waals surface area (Å²) in [5.41, 5.74) is 3.27. The molecule has 160 valence electrons. The fourth-order valence-corrected chi connectivity index (χ4v) is 3.71. The van der Waals surface area contributed by atoms with Gasteiger partial charge in [0.25, 0.3) is 5.91 Å². The lowest BCUT2D eigenvalue weighted by Gasteiger charge is -2.11. The Bertz CT molecular complexity index is 1120. The maximum Gasteiger partial charge on any atom is 0.251 e. The molecule has 1 aromatic heterocycles. The van der Waals surface area contributed by atoms with Crippen molar-refractivity contribution in [1.82, 2.24) is 9.78 Å². The SMILES string of the molecule is CCc1nn2c(c1-c1ccc(OC)cc1)NC(=O)C2CC(=O)Nc1cccc(OC)c1. The maximum atomic E-state index is 12.7. The van der Waals surface area contributed by atoms with Gasteiger partial charge in [0.15, 0.2) is 0 Å². The molecule has 0 saturated heterocycles. The first-order valence-electron chi connectivity index (χ1n) is 10.0. The van der Waals surface area contributed by atoms with E-state index in [9.17, 15) is 9.59 Å². The summed E-state index contributed by atoms with van der Waals surface area (Å²) >= 11 is 0. The van der Waals surface area contributed by atoms with Gasteiger partial charge in [-0.05, 0) is 36.2 Å². The summed E-state index contributed by atoms with van der Waals surface area (Å²) in [6.45, 7) is 2.01. The van der Waals surface area contributed by atoms with Gasteiger partial charge in [-0.15, -0.1) is 0 Å². The number of carbonyl (C=O) groups is 2. The van der Waals surface area contributed by atoms with E-state index in [4.69, 9.17) is 9.47 Å². The zero-order chi connectivity index (χ0) is 22.0. The monoisotopic (exact) mass is 420 g/mol. The van der Waals surface area contributed by atoms with Crippen LogP contribution in [0.2, 0.25) is 0 Å². The number of nitrogens with one attached hydrogen (secondary N) is 2. The van der Waals surface area contributed by atoms with Gasteiger partial charge in [-0.3, -0.25) is 9.59 Å². The van der Waals surface area contributed by atoms with E-state index in [1.54, 1.807) is 43.2 Å². The maximum absolute atomic E-state index is 12.7. The largest absolute Gasteiger partial charge is 0.497 e. The molecule has 0 radical (unpaired) electrons. The number of rotatable bonds is 7. The van der Waals surface area contributed by atoms with Crippen LogP contribution < -0.4 is 20.1 Å². The molecule has 2 aromatic carbocycles. The minimum atomic E-state index is -0.710. The fraction of sp³-hybridized carbons (Fsp3) is 0.261. The van der Waals surface area contributed by atoms with Crippen molar-refractivity contribution in [2.45, 2.75) is 25.8 Å². The molecule has 8 heteroatoms. The molecule has 0 saturated carbocycles. The minimum absolute atomic E-state index is 0.0249. The molecule has 8 nitrogen and oxygen atoms in total. The van der Waals surface area contributed by atoms with Crippen molar-refractivity contribution in [3.63, 3.8) is 0 Å². The van der Waals surface area contributed by atoms with Crippen LogP contribution >= 0.6 is 0 Å². The van der Waals surface area contributed by atoms with Gasteiger partial charge < -0.3 is 20.1 Å². The molecule has 2 N–H and O–H groups in total. The lowest BCUT2D eigenvalue weighted by atomic mass is 10.0. The fourth-order valence-electron chi connectivity index (χ4n) is 3.71. The number of benzene rings is 2.